The van der Waals surface area contributed by atoms with Crippen molar-refractivity contribution in [3.05, 3.63) is 33.8 Å². The molecule has 88 valence electrons. The molecule has 0 saturated carbocycles. The molecule has 1 aromatic rings. The first-order valence-electron chi connectivity index (χ1n) is 4.97. The predicted molar refractivity (Wildman–Crippen MR) is 64.4 cm³/mol. The molecule has 0 radical (unpaired) electrons. The molecule has 4 nitrogen and oxygen atoms in total. The van der Waals surface area contributed by atoms with Crippen molar-refractivity contribution >= 4 is 27.7 Å². The Kier molecular flexibility index (Phi) is 4.85. The summed E-state index contributed by atoms with van der Waals surface area (Å²) in [5, 5.41) is 8.81. The van der Waals surface area contributed by atoms with Crippen LogP contribution in [-0.4, -0.2) is 18.4 Å². The summed E-state index contributed by atoms with van der Waals surface area (Å²) >= 11 is 3.18. The molecule has 0 heterocycles. The van der Waals surface area contributed by atoms with Crippen molar-refractivity contribution < 1.29 is 14.3 Å². The summed E-state index contributed by atoms with van der Waals surface area (Å²) in [6.07, 6.45) is -0.318. The number of nitriles is 1. The van der Waals surface area contributed by atoms with Crippen LogP contribution in [0, 0.1) is 11.3 Å². The van der Waals surface area contributed by atoms with Crippen molar-refractivity contribution in [2.75, 3.05) is 6.61 Å². The van der Waals surface area contributed by atoms with Gasteiger partial charge in [0.25, 0.3) is 0 Å². The molecule has 0 aliphatic heterocycles. The molecule has 0 aliphatic carbocycles. The third kappa shape index (κ3) is 3.40. The molecule has 0 unspecified atom stereocenters. The number of carbonyl (C=O) groups excluding carboxylic acids is 2. The topological polar surface area (TPSA) is 67.2 Å². The Balaban J connectivity index is 2.91. The van der Waals surface area contributed by atoms with E-state index in [-0.39, 0.29) is 18.8 Å². The van der Waals surface area contributed by atoms with E-state index < -0.39 is 5.97 Å². The number of Topliss-reactive ketones (excluding diaryl/α,β-unsaturated/α-hetero) is 1. The highest BCUT2D eigenvalue weighted by Crippen LogP contribution is 2.22. The summed E-state index contributed by atoms with van der Waals surface area (Å²) in [6.45, 7) is 1.92. The van der Waals surface area contributed by atoms with E-state index in [9.17, 15) is 9.59 Å². The molecule has 17 heavy (non-hydrogen) atoms. The number of rotatable bonds is 4. The van der Waals surface area contributed by atoms with Crippen molar-refractivity contribution in [3.8, 4) is 6.07 Å². The third-order valence-electron chi connectivity index (χ3n) is 2.03. The van der Waals surface area contributed by atoms with E-state index in [4.69, 9.17) is 10.00 Å². The predicted octanol–water partition coefficient (Wildman–Crippen LogP) is 2.46. The highest BCUT2D eigenvalue weighted by atomic mass is 79.9. The highest BCUT2D eigenvalue weighted by Gasteiger charge is 2.16. The second-order valence-electron chi connectivity index (χ2n) is 3.18. The van der Waals surface area contributed by atoms with Crippen LogP contribution in [-0.2, 0) is 9.53 Å². The lowest BCUT2D eigenvalue weighted by Crippen LogP contribution is -2.12. The molecule has 1 rings (SSSR count). The molecule has 5 heteroatoms. The van der Waals surface area contributed by atoms with E-state index in [0.717, 1.165) is 0 Å². The lowest BCUT2D eigenvalue weighted by atomic mass is 10.1. The fourth-order valence-corrected chi connectivity index (χ4v) is 1.85. The van der Waals surface area contributed by atoms with Crippen LogP contribution in [0.3, 0.4) is 0 Å². The zero-order chi connectivity index (χ0) is 12.8. The van der Waals surface area contributed by atoms with Gasteiger partial charge in [-0.1, -0.05) is 12.1 Å². The van der Waals surface area contributed by atoms with Gasteiger partial charge in [0.2, 0.25) is 0 Å². The van der Waals surface area contributed by atoms with Gasteiger partial charge < -0.3 is 4.74 Å². The van der Waals surface area contributed by atoms with Crippen LogP contribution in [0.5, 0.6) is 0 Å². The summed E-state index contributed by atoms with van der Waals surface area (Å²) in [7, 11) is 0. The van der Waals surface area contributed by atoms with Gasteiger partial charge in [-0.2, -0.15) is 5.26 Å². The number of esters is 1. The van der Waals surface area contributed by atoms with Crippen LogP contribution in [0.25, 0.3) is 0 Å². The van der Waals surface area contributed by atoms with Gasteiger partial charge in [0.1, 0.15) is 12.5 Å². The molecular weight excluding hydrogens is 286 g/mol. The average molecular weight is 296 g/mol. The fourth-order valence-electron chi connectivity index (χ4n) is 1.27. The van der Waals surface area contributed by atoms with E-state index in [2.05, 4.69) is 15.9 Å². The maximum atomic E-state index is 11.8. The minimum absolute atomic E-state index is 0.242. The standard InChI is InChI=1S/C12H10BrNO3/c1-2-17-11(16)6-10(15)9-5-3-4-8(7-14)12(9)13/h3-5H,2,6H2,1H3. The second kappa shape index (κ2) is 6.16. The maximum absolute atomic E-state index is 11.8. The van der Waals surface area contributed by atoms with Crippen LogP contribution in [0.2, 0.25) is 0 Å². The summed E-state index contributed by atoms with van der Waals surface area (Å²) in [5.74, 6) is -0.931. The summed E-state index contributed by atoms with van der Waals surface area (Å²) in [5.41, 5.74) is 0.678. The minimum Gasteiger partial charge on any atom is -0.466 e. The van der Waals surface area contributed by atoms with Crippen molar-refractivity contribution in [2.24, 2.45) is 0 Å². The van der Waals surface area contributed by atoms with Crippen molar-refractivity contribution in [3.63, 3.8) is 0 Å². The molecule has 0 bridgehead atoms. The van der Waals surface area contributed by atoms with E-state index in [0.29, 0.717) is 15.6 Å². The van der Waals surface area contributed by atoms with Gasteiger partial charge in [-0.25, -0.2) is 0 Å². The first kappa shape index (κ1) is 13.4. The van der Waals surface area contributed by atoms with Gasteiger partial charge >= 0.3 is 5.97 Å². The first-order chi connectivity index (χ1) is 8.10. The lowest BCUT2D eigenvalue weighted by Gasteiger charge is -2.04. The molecule has 0 atom stereocenters. The quantitative estimate of drug-likeness (QED) is 0.486. The lowest BCUT2D eigenvalue weighted by molar-refractivity contribution is -0.141. The maximum Gasteiger partial charge on any atom is 0.313 e. The number of ether oxygens (including phenoxy) is 1. The van der Waals surface area contributed by atoms with Gasteiger partial charge in [-0.3, -0.25) is 9.59 Å². The van der Waals surface area contributed by atoms with Crippen molar-refractivity contribution in [2.45, 2.75) is 13.3 Å². The van der Waals surface area contributed by atoms with Crippen molar-refractivity contribution in [1.29, 1.82) is 5.26 Å². The van der Waals surface area contributed by atoms with E-state index in [1.54, 1.807) is 25.1 Å². The number of nitrogens with zero attached hydrogens (tertiary/aromatic N) is 1. The highest BCUT2D eigenvalue weighted by molar-refractivity contribution is 9.10. The molecule has 0 aromatic heterocycles. The zero-order valence-electron chi connectivity index (χ0n) is 9.20. The normalized spacial score (nSPS) is 9.47. The number of carbonyl (C=O) groups is 2. The first-order valence-corrected chi connectivity index (χ1v) is 5.76. The van der Waals surface area contributed by atoms with Gasteiger partial charge in [0.15, 0.2) is 5.78 Å². The molecule has 0 fully saturated rings. The average Bonchev–Trinajstić information content (AvgIpc) is 2.29. The Morgan fingerprint density at radius 1 is 1.47 bits per heavy atom. The van der Waals surface area contributed by atoms with Crippen LogP contribution >= 0.6 is 15.9 Å². The van der Waals surface area contributed by atoms with Crippen LogP contribution in [0.1, 0.15) is 29.3 Å². The van der Waals surface area contributed by atoms with Crippen LogP contribution in [0.15, 0.2) is 22.7 Å². The summed E-state index contributed by atoms with van der Waals surface area (Å²) in [4.78, 5) is 22.9. The number of benzene rings is 1. The SMILES string of the molecule is CCOC(=O)CC(=O)c1cccc(C#N)c1Br. The molecular formula is C12H10BrNO3. The van der Waals surface area contributed by atoms with E-state index in [1.165, 1.54) is 0 Å². The number of halogens is 1. The Hall–Kier alpha value is -1.67. The number of hydrogen-bond acceptors (Lipinski definition) is 4. The smallest absolute Gasteiger partial charge is 0.313 e. The molecule has 0 amide bonds. The fraction of sp³-hybridized carbons (Fsp3) is 0.250. The molecule has 1 aromatic carbocycles. The Morgan fingerprint density at radius 2 is 2.18 bits per heavy atom. The van der Waals surface area contributed by atoms with Gasteiger partial charge in [-0.15, -0.1) is 0 Å². The van der Waals surface area contributed by atoms with E-state index >= 15 is 0 Å². The minimum atomic E-state index is -0.563. The Labute approximate surface area is 107 Å². The zero-order valence-corrected chi connectivity index (χ0v) is 10.8. The third-order valence-corrected chi connectivity index (χ3v) is 2.88. The van der Waals surface area contributed by atoms with Gasteiger partial charge in [-0.05, 0) is 28.9 Å². The molecule has 0 N–H and O–H groups in total. The number of ketones is 1. The van der Waals surface area contributed by atoms with Gasteiger partial charge in [0, 0.05) is 10.0 Å². The van der Waals surface area contributed by atoms with E-state index in [1.807, 2.05) is 6.07 Å². The van der Waals surface area contributed by atoms with Gasteiger partial charge in [0.05, 0.1) is 12.2 Å². The molecule has 0 saturated heterocycles. The van der Waals surface area contributed by atoms with Crippen LogP contribution in [0.4, 0.5) is 0 Å². The Bertz CT molecular complexity index is 491. The molecule has 0 aliphatic rings. The monoisotopic (exact) mass is 295 g/mol. The number of hydrogen-bond donors (Lipinski definition) is 0. The second-order valence-corrected chi connectivity index (χ2v) is 3.98. The summed E-state index contributed by atoms with van der Waals surface area (Å²) < 4.78 is 5.10. The van der Waals surface area contributed by atoms with Crippen molar-refractivity contribution in [1.82, 2.24) is 0 Å². The largest absolute Gasteiger partial charge is 0.466 e. The molecule has 0 spiro atoms. The summed E-state index contributed by atoms with van der Waals surface area (Å²) in [6, 6.07) is 6.70. The van der Waals surface area contributed by atoms with Crippen LogP contribution < -0.4 is 0 Å². The Morgan fingerprint density at radius 3 is 2.76 bits per heavy atom.